The van der Waals surface area contributed by atoms with E-state index >= 15 is 0 Å². The summed E-state index contributed by atoms with van der Waals surface area (Å²) in [4.78, 5) is 4.74. The second-order valence-electron chi connectivity index (χ2n) is 8.65. The first-order valence-corrected chi connectivity index (χ1v) is 11.6. The number of pyridine rings is 1. The van der Waals surface area contributed by atoms with Crippen molar-refractivity contribution in [3.63, 3.8) is 0 Å². The number of nitrogens with zero attached hydrogens (tertiary/aromatic N) is 1. The first-order chi connectivity index (χ1) is 15.7. The number of benzene rings is 2. The van der Waals surface area contributed by atoms with Crippen LogP contribution in [0.4, 0.5) is 0 Å². The first-order valence-electron chi connectivity index (χ1n) is 11.6. The van der Waals surface area contributed by atoms with Gasteiger partial charge in [0.1, 0.15) is 0 Å². The summed E-state index contributed by atoms with van der Waals surface area (Å²) < 4.78 is 11.1. The summed E-state index contributed by atoms with van der Waals surface area (Å²) in [5.74, 6) is 1.74. The van der Waals surface area contributed by atoms with Crippen molar-refractivity contribution in [3.8, 4) is 22.6 Å². The largest absolute Gasteiger partial charge is 0.493 e. The van der Waals surface area contributed by atoms with Crippen LogP contribution in [-0.2, 0) is 13.2 Å². The molecule has 32 heavy (non-hydrogen) atoms. The van der Waals surface area contributed by atoms with Crippen LogP contribution >= 0.6 is 0 Å². The van der Waals surface area contributed by atoms with Crippen molar-refractivity contribution < 1.29 is 19.7 Å². The lowest BCUT2D eigenvalue weighted by molar-refractivity contribution is 0.260. The Morgan fingerprint density at radius 3 is 2.22 bits per heavy atom. The van der Waals surface area contributed by atoms with E-state index in [0.717, 1.165) is 33.2 Å². The van der Waals surface area contributed by atoms with E-state index in [4.69, 9.17) is 14.5 Å². The van der Waals surface area contributed by atoms with Crippen LogP contribution < -0.4 is 9.47 Å². The van der Waals surface area contributed by atoms with Crippen molar-refractivity contribution in [2.45, 2.75) is 64.1 Å². The Kier molecular flexibility index (Phi) is 7.28. The number of rotatable bonds is 6. The maximum Gasteiger partial charge on any atom is 0.161 e. The van der Waals surface area contributed by atoms with Crippen molar-refractivity contribution in [3.05, 3.63) is 53.3 Å². The highest BCUT2D eigenvalue weighted by atomic mass is 16.5. The van der Waals surface area contributed by atoms with Gasteiger partial charge in [-0.05, 0) is 76.2 Å². The average molecular weight is 436 g/mol. The van der Waals surface area contributed by atoms with E-state index in [1.807, 2.05) is 30.5 Å². The van der Waals surface area contributed by atoms with Gasteiger partial charge in [0, 0.05) is 17.8 Å². The molecule has 1 aliphatic rings. The van der Waals surface area contributed by atoms with E-state index < -0.39 is 0 Å². The summed E-state index contributed by atoms with van der Waals surface area (Å²) in [6, 6.07) is 9.98. The third kappa shape index (κ3) is 4.45. The molecule has 0 aliphatic heterocycles. The van der Waals surface area contributed by atoms with E-state index in [-0.39, 0.29) is 13.2 Å². The van der Waals surface area contributed by atoms with Gasteiger partial charge in [-0.2, -0.15) is 0 Å². The van der Waals surface area contributed by atoms with E-state index in [1.165, 1.54) is 44.9 Å². The fraction of sp³-hybridized carbons (Fsp3) is 0.444. The van der Waals surface area contributed by atoms with Crippen molar-refractivity contribution >= 4 is 10.8 Å². The summed E-state index contributed by atoms with van der Waals surface area (Å²) >= 11 is 0. The molecule has 5 nitrogen and oxygen atoms in total. The Balaban J connectivity index is 1.90. The maximum atomic E-state index is 10.3. The molecule has 4 rings (SSSR count). The smallest absolute Gasteiger partial charge is 0.161 e. The van der Waals surface area contributed by atoms with Crippen molar-refractivity contribution in [1.82, 2.24) is 4.98 Å². The zero-order valence-corrected chi connectivity index (χ0v) is 19.1. The number of hydrogen-bond donors (Lipinski definition) is 2. The van der Waals surface area contributed by atoms with Gasteiger partial charge in [-0.15, -0.1) is 0 Å². The lowest BCUT2D eigenvalue weighted by Crippen LogP contribution is -2.05. The molecular weight excluding hydrogens is 402 g/mol. The molecule has 0 spiro atoms. The Hall–Kier alpha value is -2.63. The zero-order valence-electron chi connectivity index (χ0n) is 19.1. The molecular formula is C27H33NO4. The number of hydrogen-bond acceptors (Lipinski definition) is 5. The fourth-order valence-electron chi connectivity index (χ4n) is 5.06. The Bertz CT molecular complexity index is 1070. The maximum absolute atomic E-state index is 10.3. The number of ether oxygens (including phenoxy) is 2. The quantitative estimate of drug-likeness (QED) is 0.517. The van der Waals surface area contributed by atoms with Crippen molar-refractivity contribution in [2.24, 2.45) is 0 Å². The van der Waals surface area contributed by atoms with Gasteiger partial charge in [0.15, 0.2) is 11.5 Å². The Morgan fingerprint density at radius 2 is 1.56 bits per heavy atom. The van der Waals surface area contributed by atoms with Gasteiger partial charge in [-0.25, -0.2) is 0 Å². The van der Waals surface area contributed by atoms with E-state index in [1.54, 1.807) is 14.2 Å². The second kappa shape index (κ2) is 10.3. The van der Waals surface area contributed by atoms with Gasteiger partial charge in [-0.1, -0.05) is 32.1 Å². The number of aliphatic hydroxyl groups excluding tert-OH is 2. The van der Waals surface area contributed by atoms with Crippen LogP contribution in [-0.4, -0.2) is 29.4 Å². The molecule has 0 amide bonds. The molecule has 0 atom stereocenters. The van der Waals surface area contributed by atoms with Gasteiger partial charge < -0.3 is 19.7 Å². The normalized spacial score (nSPS) is 15.4. The van der Waals surface area contributed by atoms with E-state index in [9.17, 15) is 10.2 Å². The van der Waals surface area contributed by atoms with Crippen LogP contribution in [0, 0.1) is 0 Å². The van der Waals surface area contributed by atoms with Gasteiger partial charge in [0.05, 0.1) is 27.4 Å². The van der Waals surface area contributed by atoms with Gasteiger partial charge in [0.2, 0.25) is 0 Å². The van der Waals surface area contributed by atoms with Crippen LogP contribution in [0.5, 0.6) is 11.5 Å². The molecule has 1 fully saturated rings. The highest BCUT2D eigenvalue weighted by Gasteiger charge is 2.20. The molecule has 0 bridgehead atoms. The minimum Gasteiger partial charge on any atom is -0.493 e. The molecule has 2 N–H and O–H groups in total. The molecule has 5 heteroatoms. The molecule has 0 radical (unpaired) electrons. The minimum atomic E-state index is -0.156. The Labute approximate surface area is 190 Å². The monoisotopic (exact) mass is 435 g/mol. The van der Waals surface area contributed by atoms with Gasteiger partial charge in [0.25, 0.3) is 0 Å². The molecule has 3 aromatic rings. The number of methoxy groups -OCH3 is 2. The first kappa shape index (κ1) is 22.6. The summed E-state index contributed by atoms with van der Waals surface area (Å²) in [5, 5.41) is 22.2. The van der Waals surface area contributed by atoms with Crippen molar-refractivity contribution in [1.29, 1.82) is 0 Å². The van der Waals surface area contributed by atoms with Crippen LogP contribution in [0.3, 0.4) is 0 Å². The summed E-state index contributed by atoms with van der Waals surface area (Å²) in [6.07, 6.45) is 10.7. The highest BCUT2D eigenvalue weighted by Crippen LogP contribution is 2.41. The lowest BCUT2D eigenvalue weighted by atomic mass is 9.86. The molecule has 1 aliphatic carbocycles. The van der Waals surface area contributed by atoms with Crippen LogP contribution in [0.25, 0.3) is 21.9 Å². The van der Waals surface area contributed by atoms with Crippen LogP contribution in [0.2, 0.25) is 0 Å². The molecule has 1 saturated carbocycles. The van der Waals surface area contributed by atoms with Crippen LogP contribution in [0.1, 0.15) is 67.7 Å². The average Bonchev–Trinajstić information content (AvgIpc) is 2.81. The third-order valence-corrected chi connectivity index (χ3v) is 6.77. The standard InChI is InChI=1S/C27H33NO4/c1-31-25-14-20-12-21(16-29)23(17-30)27(22(20)15-26(25)32-2)19-10-11-28-24(13-19)18-8-6-4-3-5-7-9-18/h10-15,18,29-30H,3-9,16-17H2,1-2H3. The molecule has 0 saturated heterocycles. The minimum absolute atomic E-state index is 0.145. The van der Waals surface area contributed by atoms with Gasteiger partial charge in [-0.3, -0.25) is 4.98 Å². The SMILES string of the molecule is COc1cc2cc(CO)c(CO)c(-c3ccnc(C4CCCCCCC4)c3)c2cc1OC. The predicted octanol–water partition coefficient (Wildman–Crippen LogP) is 5.73. The molecule has 1 aromatic heterocycles. The summed E-state index contributed by atoms with van der Waals surface area (Å²) in [6.45, 7) is -0.301. The fourth-order valence-corrected chi connectivity index (χ4v) is 5.06. The van der Waals surface area contributed by atoms with E-state index in [2.05, 4.69) is 6.07 Å². The molecule has 2 aromatic carbocycles. The number of fused-ring (bicyclic) bond motifs is 1. The van der Waals surface area contributed by atoms with Crippen molar-refractivity contribution in [2.75, 3.05) is 14.2 Å². The van der Waals surface area contributed by atoms with Gasteiger partial charge >= 0.3 is 0 Å². The number of aromatic nitrogens is 1. The third-order valence-electron chi connectivity index (χ3n) is 6.77. The van der Waals surface area contributed by atoms with Crippen LogP contribution in [0.15, 0.2) is 36.5 Å². The summed E-state index contributed by atoms with van der Waals surface area (Å²) in [5.41, 5.74) is 4.50. The molecule has 1 heterocycles. The predicted molar refractivity (Wildman–Crippen MR) is 127 cm³/mol. The molecule has 0 unspecified atom stereocenters. The lowest BCUT2D eigenvalue weighted by Gasteiger charge is -2.21. The van der Waals surface area contributed by atoms with E-state index in [0.29, 0.717) is 23.0 Å². The topological polar surface area (TPSA) is 71.8 Å². The molecule has 170 valence electrons. The summed E-state index contributed by atoms with van der Waals surface area (Å²) in [7, 11) is 3.24. The zero-order chi connectivity index (χ0) is 22.5. The highest BCUT2D eigenvalue weighted by molar-refractivity contribution is 6.01. The number of aliphatic hydroxyl groups is 2. The second-order valence-corrected chi connectivity index (χ2v) is 8.65. The Morgan fingerprint density at radius 1 is 0.875 bits per heavy atom.